The second-order valence-corrected chi connectivity index (χ2v) is 6.56. The summed E-state index contributed by atoms with van der Waals surface area (Å²) in [5.74, 6) is -0.100. The normalized spacial score (nSPS) is 14.9. The minimum Gasteiger partial charge on any atom is -0.396 e. The largest absolute Gasteiger partial charge is 0.396 e. The molecule has 2 atom stereocenters. The molecule has 2 unspecified atom stereocenters. The van der Waals surface area contributed by atoms with Gasteiger partial charge in [-0.1, -0.05) is 20.3 Å². The molecule has 0 heterocycles. The molecular weight excluding hydrogens is 268 g/mol. The van der Waals surface area contributed by atoms with Gasteiger partial charge in [0.15, 0.2) is 0 Å². The summed E-state index contributed by atoms with van der Waals surface area (Å²) in [5.41, 5.74) is 0. The van der Waals surface area contributed by atoms with Gasteiger partial charge in [-0.2, -0.15) is 0 Å². The molecule has 0 aliphatic heterocycles. The van der Waals surface area contributed by atoms with E-state index in [4.69, 9.17) is 5.11 Å². The van der Waals surface area contributed by atoms with Gasteiger partial charge in [0.25, 0.3) is 0 Å². The Balaban J connectivity index is 4.20. The molecule has 0 aromatic rings. The van der Waals surface area contributed by atoms with Crippen LogP contribution in [0.5, 0.6) is 0 Å². The topological polar surface area (TPSA) is 95.5 Å². The summed E-state index contributed by atoms with van der Waals surface area (Å²) < 4.78 is 25.4. The number of hydrogen-bond donors (Lipinski definition) is 3. The highest BCUT2D eigenvalue weighted by atomic mass is 32.2. The van der Waals surface area contributed by atoms with Crippen LogP contribution in [0.3, 0.4) is 0 Å². The van der Waals surface area contributed by atoms with Crippen molar-refractivity contribution in [3.63, 3.8) is 0 Å². The van der Waals surface area contributed by atoms with Crippen LogP contribution in [0.2, 0.25) is 0 Å². The van der Waals surface area contributed by atoms with E-state index in [1.54, 1.807) is 6.92 Å². The average Bonchev–Trinajstić information content (AvgIpc) is 2.33. The molecule has 0 spiro atoms. The molecule has 0 aliphatic carbocycles. The van der Waals surface area contributed by atoms with Gasteiger partial charge < -0.3 is 10.4 Å². The Morgan fingerprint density at radius 2 is 1.95 bits per heavy atom. The van der Waals surface area contributed by atoms with E-state index in [9.17, 15) is 13.2 Å². The number of rotatable bonds is 10. The highest BCUT2D eigenvalue weighted by molar-refractivity contribution is 7.89. The fraction of sp³-hybridized carbons (Fsp3) is 0.917. The highest BCUT2D eigenvalue weighted by Crippen LogP contribution is 2.05. The molecule has 0 rings (SSSR count). The van der Waals surface area contributed by atoms with Gasteiger partial charge >= 0.3 is 0 Å². The first-order chi connectivity index (χ1) is 8.86. The number of aliphatic hydroxyl groups is 1. The Labute approximate surface area is 116 Å². The molecule has 0 radical (unpaired) electrons. The number of carbonyl (C=O) groups excluding carboxylic acids is 1. The van der Waals surface area contributed by atoms with E-state index in [0.717, 1.165) is 6.42 Å². The molecule has 7 heteroatoms. The second-order valence-electron chi connectivity index (χ2n) is 4.69. The van der Waals surface area contributed by atoms with Crippen LogP contribution in [0, 0.1) is 5.92 Å². The molecule has 0 bridgehead atoms. The summed E-state index contributed by atoms with van der Waals surface area (Å²) in [6, 6.07) is -0.775. The Morgan fingerprint density at radius 3 is 2.42 bits per heavy atom. The molecule has 0 aromatic carbocycles. The Kier molecular flexibility index (Phi) is 8.95. The number of aliphatic hydroxyl groups excluding tert-OH is 1. The summed E-state index contributed by atoms with van der Waals surface area (Å²) in [4.78, 5) is 11.7. The van der Waals surface area contributed by atoms with Crippen molar-refractivity contribution in [1.82, 2.24) is 10.0 Å². The van der Waals surface area contributed by atoms with Gasteiger partial charge in [0, 0.05) is 13.2 Å². The molecule has 0 saturated carbocycles. The standard InChI is InChI=1S/C12H26N2O4S/c1-4-8-19(17,18)14-10(3)12(16)13-9-11(5-2)6-7-15/h10-11,14-15H,4-9H2,1-3H3,(H,13,16). The lowest BCUT2D eigenvalue weighted by molar-refractivity contribution is -0.122. The fourth-order valence-electron chi connectivity index (χ4n) is 1.68. The number of hydrogen-bond acceptors (Lipinski definition) is 4. The molecule has 3 N–H and O–H groups in total. The predicted octanol–water partition coefficient (Wildman–Crippen LogP) is 0.229. The van der Waals surface area contributed by atoms with Crippen molar-refractivity contribution in [2.24, 2.45) is 5.92 Å². The van der Waals surface area contributed by atoms with Crippen LogP contribution in [-0.2, 0) is 14.8 Å². The van der Waals surface area contributed by atoms with E-state index >= 15 is 0 Å². The van der Waals surface area contributed by atoms with Gasteiger partial charge in [-0.15, -0.1) is 0 Å². The number of sulfonamides is 1. The van der Waals surface area contributed by atoms with Crippen molar-refractivity contribution in [2.45, 2.75) is 46.1 Å². The zero-order valence-electron chi connectivity index (χ0n) is 12.0. The maximum atomic E-state index is 11.7. The van der Waals surface area contributed by atoms with Crippen LogP contribution in [0.4, 0.5) is 0 Å². The zero-order valence-corrected chi connectivity index (χ0v) is 12.8. The van der Waals surface area contributed by atoms with E-state index in [-0.39, 0.29) is 24.2 Å². The third-order valence-corrected chi connectivity index (χ3v) is 4.56. The second kappa shape index (κ2) is 9.28. The SMILES string of the molecule is CCCS(=O)(=O)NC(C)C(=O)NCC(CC)CCO. The van der Waals surface area contributed by atoms with E-state index in [1.165, 1.54) is 6.92 Å². The molecular formula is C12H26N2O4S. The quantitative estimate of drug-likeness (QED) is 0.537. The lowest BCUT2D eigenvalue weighted by Gasteiger charge is -2.17. The van der Waals surface area contributed by atoms with E-state index in [1.807, 2.05) is 6.92 Å². The third kappa shape index (κ3) is 8.18. The van der Waals surface area contributed by atoms with Crippen molar-refractivity contribution >= 4 is 15.9 Å². The monoisotopic (exact) mass is 294 g/mol. The van der Waals surface area contributed by atoms with Gasteiger partial charge in [-0.3, -0.25) is 4.79 Å². The Bertz CT molecular complexity index is 357. The minimum atomic E-state index is -3.38. The van der Waals surface area contributed by atoms with Crippen molar-refractivity contribution in [2.75, 3.05) is 18.9 Å². The van der Waals surface area contributed by atoms with Crippen molar-refractivity contribution in [1.29, 1.82) is 0 Å². The van der Waals surface area contributed by atoms with Gasteiger partial charge in [0.05, 0.1) is 11.8 Å². The minimum absolute atomic E-state index is 0.0206. The molecule has 0 saturated heterocycles. The summed E-state index contributed by atoms with van der Waals surface area (Å²) in [6.07, 6.45) is 2.00. The number of amides is 1. The summed E-state index contributed by atoms with van der Waals surface area (Å²) >= 11 is 0. The first-order valence-electron chi connectivity index (χ1n) is 6.74. The fourth-order valence-corrected chi connectivity index (χ4v) is 2.98. The van der Waals surface area contributed by atoms with Crippen LogP contribution in [0.15, 0.2) is 0 Å². The van der Waals surface area contributed by atoms with Gasteiger partial charge in [0.1, 0.15) is 0 Å². The van der Waals surface area contributed by atoms with Crippen molar-refractivity contribution in [3.8, 4) is 0 Å². The van der Waals surface area contributed by atoms with E-state index in [0.29, 0.717) is 19.4 Å². The van der Waals surface area contributed by atoms with Gasteiger partial charge in [0.2, 0.25) is 15.9 Å². The molecule has 0 aromatic heterocycles. The molecule has 19 heavy (non-hydrogen) atoms. The Hall–Kier alpha value is -0.660. The molecule has 114 valence electrons. The highest BCUT2D eigenvalue weighted by Gasteiger charge is 2.19. The Morgan fingerprint density at radius 1 is 1.32 bits per heavy atom. The first-order valence-corrected chi connectivity index (χ1v) is 8.40. The summed E-state index contributed by atoms with van der Waals surface area (Å²) in [5, 5.41) is 11.6. The number of carbonyl (C=O) groups is 1. The lowest BCUT2D eigenvalue weighted by atomic mass is 10.0. The average molecular weight is 294 g/mol. The van der Waals surface area contributed by atoms with Crippen LogP contribution in [0.25, 0.3) is 0 Å². The smallest absolute Gasteiger partial charge is 0.237 e. The van der Waals surface area contributed by atoms with Gasteiger partial charge in [-0.25, -0.2) is 13.1 Å². The van der Waals surface area contributed by atoms with Gasteiger partial charge in [-0.05, 0) is 25.7 Å². The van der Waals surface area contributed by atoms with Crippen LogP contribution < -0.4 is 10.0 Å². The predicted molar refractivity (Wildman–Crippen MR) is 75.2 cm³/mol. The summed E-state index contributed by atoms with van der Waals surface area (Å²) in [7, 11) is -3.38. The molecule has 0 aliphatic rings. The third-order valence-electron chi connectivity index (χ3n) is 2.90. The van der Waals surface area contributed by atoms with E-state index in [2.05, 4.69) is 10.0 Å². The van der Waals surface area contributed by atoms with Crippen LogP contribution in [-0.4, -0.2) is 44.4 Å². The first kappa shape index (κ1) is 18.3. The molecule has 0 fully saturated rings. The summed E-state index contributed by atoms with van der Waals surface area (Å²) in [6.45, 7) is 5.82. The van der Waals surface area contributed by atoms with E-state index < -0.39 is 16.1 Å². The van der Waals surface area contributed by atoms with Crippen molar-refractivity contribution in [3.05, 3.63) is 0 Å². The van der Waals surface area contributed by atoms with Crippen molar-refractivity contribution < 1.29 is 18.3 Å². The van der Waals surface area contributed by atoms with Crippen LogP contribution >= 0.6 is 0 Å². The zero-order chi connectivity index (χ0) is 14.9. The maximum absolute atomic E-state index is 11.7. The lowest BCUT2D eigenvalue weighted by Crippen LogP contribution is -2.46. The maximum Gasteiger partial charge on any atom is 0.237 e. The molecule has 6 nitrogen and oxygen atoms in total. The molecule has 1 amide bonds. The van der Waals surface area contributed by atoms with Crippen LogP contribution in [0.1, 0.15) is 40.0 Å². The number of nitrogens with one attached hydrogen (secondary N) is 2.